The smallest absolute Gasteiger partial charge is 0.151 e. The van der Waals surface area contributed by atoms with Crippen molar-refractivity contribution in [1.82, 2.24) is 9.80 Å². The quantitative estimate of drug-likeness (QED) is 0.716. The summed E-state index contributed by atoms with van der Waals surface area (Å²) in [7, 11) is -2.75. The Kier molecular flexibility index (Phi) is 4.07. The lowest BCUT2D eigenvalue weighted by Crippen LogP contribution is -2.54. The van der Waals surface area contributed by atoms with Crippen molar-refractivity contribution in [2.45, 2.75) is 25.4 Å². The maximum atomic E-state index is 11.4. The summed E-state index contributed by atoms with van der Waals surface area (Å²) in [5.41, 5.74) is 5.66. The molecule has 0 aliphatic carbocycles. The molecule has 2 unspecified atom stereocenters. The highest BCUT2D eigenvalue weighted by Crippen LogP contribution is 2.19. The molecule has 2 fully saturated rings. The monoisotopic (exact) mass is 261 g/mol. The van der Waals surface area contributed by atoms with E-state index in [1.54, 1.807) is 0 Å². The topological polar surface area (TPSA) is 66.6 Å². The van der Waals surface area contributed by atoms with Crippen LogP contribution in [-0.4, -0.2) is 74.5 Å². The molecule has 0 radical (unpaired) electrons. The van der Waals surface area contributed by atoms with Gasteiger partial charge in [-0.3, -0.25) is 9.80 Å². The van der Waals surface area contributed by atoms with Crippen molar-refractivity contribution in [3.05, 3.63) is 0 Å². The van der Waals surface area contributed by atoms with E-state index in [1.807, 2.05) is 0 Å². The number of nitrogens with two attached hydrogens (primary N) is 1. The SMILES string of the molecule is CC(CN)N1CCN(C2CCS(=O)(=O)C2)CC1. The van der Waals surface area contributed by atoms with Crippen LogP contribution < -0.4 is 5.73 Å². The van der Waals surface area contributed by atoms with Gasteiger partial charge in [0.1, 0.15) is 0 Å². The van der Waals surface area contributed by atoms with Crippen LogP contribution in [0.3, 0.4) is 0 Å². The lowest BCUT2D eigenvalue weighted by molar-refractivity contribution is 0.0826. The third-order valence-corrected chi connectivity index (χ3v) is 5.79. The molecule has 2 aliphatic rings. The molecule has 2 rings (SSSR count). The molecule has 0 spiro atoms. The zero-order valence-electron chi connectivity index (χ0n) is 10.5. The molecule has 0 aromatic heterocycles. The summed E-state index contributed by atoms with van der Waals surface area (Å²) in [5, 5.41) is 0. The van der Waals surface area contributed by atoms with Gasteiger partial charge in [0.25, 0.3) is 0 Å². The van der Waals surface area contributed by atoms with E-state index in [0.717, 1.165) is 32.6 Å². The summed E-state index contributed by atoms with van der Waals surface area (Å²) in [5.74, 6) is 0.733. The van der Waals surface area contributed by atoms with Gasteiger partial charge in [0, 0.05) is 44.8 Å². The third kappa shape index (κ3) is 3.19. The fourth-order valence-electron chi connectivity index (χ4n) is 2.76. The minimum Gasteiger partial charge on any atom is -0.329 e. The molecule has 5 nitrogen and oxygen atoms in total. The van der Waals surface area contributed by atoms with Crippen LogP contribution in [0.1, 0.15) is 13.3 Å². The molecule has 0 aromatic rings. The van der Waals surface area contributed by atoms with Crippen molar-refractivity contribution in [3.63, 3.8) is 0 Å². The Hall–Kier alpha value is -0.170. The van der Waals surface area contributed by atoms with E-state index >= 15 is 0 Å². The minimum absolute atomic E-state index is 0.260. The summed E-state index contributed by atoms with van der Waals surface area (Å²) in [4.78, 5) is 4.73. The van der Waals surface area contributed by atoms with Crippen LogP contribution in [0.2, 0.25) is 0 Å². The molecular weight excluding hydrogens is 238 g/mol. The fourth-order valence-corrected chi connectivity index (χ4v) is 4.52. The number of piperazine rings is 1. The summed E-state index contributed by atoms with van der Waals surface area (Å²) in [6.07, 6.45) is 0.814. The zero-order valence-corrected chi connectivity index (χ0v) is 11.3. The van der Waals surface area contributed by atoms with Gasteiger partial charge in [0.2, 0.25) is 0 Å². The molecule has 2 heterocycles. The summed E-state index contributed by atoms with van der Waals surface area (Å²) in [6.45, 7) is 6.81. The third-order valence-electron chi connectivity index (χ3n) is 4.04. The van der Waals surface area contributed by atoms with Gasteiger partial charge in [-0.2, -0.15) is 0 Å². The fraction of sp³-hybridized carbons (Fsp3) is 1.00. The highest BCUT2D eigenvalue weighted by atomic mass is 32.2. The average Bonchev–Trinajstić information content (AvgIpc) is 2.69. The van der Waals surface area contributed by atoms with Crippen LogP contribution in [0.4, 0.5) is 0 Å². The molecule has 0 amide bonds. The molecule has 2 atom stereocenters. The first-order valence-corrected chi connectivity index (χ1v) is 8.22. The molecule has 100 valence electrons. The van der Waals surface area contributed by atoms with Crippen molar-refractivity contribution in [2.75, 3.05) is 44.2 Å². The van der Waals surface area contributed by atoms with Gasteiger partial charge in [-0.15, -0.1) is 0 Å². The van der Waals surface area contributed by atoms with Gasteiger partial charge < -0.3 is 5.73 Å². The van der Waals surface area contributed by atoms with Crippen LogP contribution in [0.25, 0.3) is 0 Å². The number of hydrogen-bond donors (Lipinski definition) is 1. The van der Waals surface area contributed by atoms with Crippen LogP contribution in [-0.2, 0) is 9.84 Å². The molecule has 2 N–H and O–H groups in total. The Bertz CT molecular complexity index is 350. The molecule has 0 aromatic carbocycles. The number of nitrogens with zero attached hydrogens (tertiary/aromatic N) is 2. The Balaban J connectivity index is 1.84. The van der Waals surface area contributed by atoms with Crippen LogP contribution in [0, 0.1) is 0 Å². The summed E-state index contributed by atoms with van der Waals surface area (Å²) in [6, 6.07) is 0.694. The van der Waals surface area contributed by atoms with E-state index < -0.39 is 9.84 Å². The molecule has 2 aliphatic heterocycles. The standard InChI is InChI=1S/C11H23N3O2S/c1-10(8-12)13-3-5-14(6-4-13)11-2-7-17(15,16)9-11/h10-11H,2-9,12H2,1H3. The Morgan fingerprint density at radius 1 is 1.29 bits per heavy atom. The second-order valence-corrected chi connectivity index (χ2v) is 7.44. The molecule has 6 heteroatoms. The molecule has 0 saturated carbocycles. The number of rotatable bonds is 3. The maximum Gasteiger partial charge on any atom is 0.151 e. The molecule has 2 saturated heterocycles. The van der Waals surface area contributed by atoms with Crippen molar-refractivity contribution >= 4 is 9.84 Å². The molecule has 17 heavy (non-hydrogen) atoms. The van der Waals surface area contributed by atoms with E-state index in [1.165, 1.54) is 0 Å². The highest BCUT2D eigenvalue weighted by molar-refractivity contribution is 7.91. The predicted molar refractivity (Wildman–Crippen MR) is 68.7 cm³/mol. The lowest BCUT2D eigenvalue weighted by Gasteiger charge is -2.40. The second-order valence-electron chi connectivity index (χ2n) is 5.21. The van der Waals surface area contributed by atoms with Crippen LogP contribution in [0.5, 0.6) is 0 Å². The van der Waals surface area contributed by atoms with Crippen molar-refractivity contribution in [2.24, 2.45) is 5.73 Å². The van der Waals surface area contributed by atoms with E-state index in [2.05, 4.69) is 16.7 Å². The minimum atomic E-state index is -2.75. The van der Waals surface area contributed by atoms with Gasteiger partial charge in [-0.1, -0.05) is 0 Å². The largest absolute Gasteiger partial charge is 0.329 e. The van der Waals surface area contributed by atoms with Crippen molar-refractivity contribution < 1.29 is 8.42 Å². The molecular formula is C11H23N3O2S. The van der Waals surface area contributed by atoms with Crippen molar-refractivity contribution in [1.29, 1.82) is 0 Å². The molecule has 0 bridgehead atoms. The van der Waals surface area contributed by atoms with Gasteiger partial charge >= 0.3 is 0 Å². The highest BCUT2D eigenvalue weighted by Gasteiger charge is 2.33. The van der Waals surface area contributed by atoms with Gasteiger partial charge in [-0.05, 0) is 13.3 Å². The number of hydrogen-bond acceptors (Lipinski definition) is 5. The van der Waals surface area contributed by atoms with Crippen molar-refractivity contribution in [3.8, 4) is 0 Å². The summed E-state index contributed by atoms with van der Waals surface area (Å²) < 4.78 is 22.9. The maximum absolute atomic E-state index is 11.4. The van der Waals surface area contributed by atoms with Gasteiger partial charge in [-0.25, -0.2) is 8.42 Å². The van der Waals surface area contributed by atoms with E-state index in [4.69, 9.17) is 5.73 Å². The van der Waals surface area contributed by atoms with E-state index in [-0.39, 0.29) is 6.04 Å². The Morgan fingerprint density at radius 3 is 2.41 bits per heavy atom. The Morgan fingerprint density at radius 2 is 1.94 bits per heavy atom. The normalized spacial score (nSPS) is 32.7. The van der Waals surface area contributed by atoms with E-state index in [0.29, 0.717) is 24.1 Å². The van der Waals surface area contributed by atoms with Crippen LogP contribution >= 0.6 is 0 Å². The first kappa shape index (κ1) is 13.3. The zero-order chi connectivity index (χ0) is 12.5. The average molecular weight is 261 g/mol. The van der Waals surface area contributed by atoms with Gasteiger partial charge in [0.15, 0.2) is 9.84 Å². The van der Waals surface area contributed by atoms with Crippen LogP contribution in [0.15, 0.2) is 0 Å². The first-order valence-electron chi connectivity index (χ1n) is 6.40. The van der Waals surface area contributed by atoms with E-state index in [9.17, 15) is 8.42 Å². The lowest BCUT2D eigenvalue weighted by atomic mass is 10.1. The predicted octanol–water partition coefficient (Wildman–Crippen LogP) is -0.862. The Labute approximate surface area is 104 Å². The van der Waals surface area contributed by atoms with Gasteiger partial charge in [0.05, 0.1) is 11.5 Å². The summed E-state index contributed by atoms with van der Waals surface area (Å²) >= 11 is 0. The number of sulfone groups is 1. The second kappa shape index (κ2) is 5.22. The first-order chi connectivity index (χ1) is 8.02.